The van der Waals surface area contributed by atoms with Gasteiger partial charge in [-0.3, -0.25) is 4.98 Å². The number of aliphatic hydroxyl groups excluding tert-OH is 1. The number of hydrogen-bond acceptors (Lipinski definition) is 2. The Morgan fingerprint density at radius 1 is 1.28 bits per heavy atom. The molecule has 1 aromatic heterocycles. The Hall–Kier alpha value is -1.74. The zero-order chi connectivity index (χ0) is 13.0. The molecule has 0 saturated carbocycles. The maximum Gasteiger partial charge on any atom is 0.141 e. The fourth-order valence-corrected chi connectivity index (χ4v) is 1.93. The lowest BCUT2D eigenvalue weighted by Crippen LogP contribution is -2.03. The van der Waals surface area contributed by atoms with Crippen LogP contribution < -0.4 is 0 Å². The van der Waals surface area contributed by atoms with Gasteiger partial charge in [-0.1, -0.05) is 37.6 Å². The fraction of sp³-hybridized carbons (Fsp3) is 0.267. The number of aromatic nitrogens is 1. The van der Waals surface area contributed by atoms with E-state index in [4.69, 9.17) is 0 Å². The molecule has 0 aliphatic carbocycles. The first-order valence-corrected chi connectivity index (χ1v) is 6.09. The van der Waals surface area contributed by atoms with Gasteiger partial charge in [0, 0.05) is 0 Å². The van der Waals surface area contributed by atoms with Gasteiger partial charge < -0.3 is 5.11 Å². The molecule has 1 aromatic carbocycles. The van der Waals surface area contributed by atoms with Crippen LogP contribution in [0.3, 0.4) is 0 Å². The number of benzene rings is 1. The van der Waals surface area contributed by atoms with Crippen LogP contribution in [0.2, 0.25) is 0 Å². The van der Waals surface area contributed by atoms with Gasteiger partial charge in [-0.2, -0.15) is 0 Å². The first-order valence-electron chi connectivity index (χ1n) is 6.09. The average Bonchev–Trinajstić information content (AvgIpc) is 2.39. The molecule has 3 heteroatoms. The first-order chi connectivity index (χ1) is 8.70. The quantitative estimate of drug-likeness (QED) is 0.896. The summed E-state index contributed by atoms with van der Waals surface area (Å²) in [6, 6.07) is 10.6. The Morgan fingerprint density at radius 2 is 2.11 bits per heavy atom. The van der Waals surface area contributed by atoms with E-state index in [9.17, 15) is 9.50 Å². The van der Waals surface area contributed by atoms with Crippen LogP contribution in [-0.4, -0.2) is 10.1 Å². The predicted molar refractivity (Wildman–Crippen MR) is 68.7 cm³/mol. The zero-order valence-electron chi connectivity index (χ0n) is 10.3. The molecule has 0 bridgehead atoms. The third-order valence-corrected chi connectivity index (χ3v) is 2.84. The highest BCUT2D eigenvalue weighted by molar-refractivity contribution is 5.30. The molecular formula is C15H16FNO. The Morgan fingerprint density at radius 3 is 2.78 bits per heavy atom. The highest BCUT2D eigenvalue weighted by Crippen LogP contribution is 2.21. The standard InChI is InChI=1S/C15H16FNO/c1-2-4-11-5-3-6-12(9-11)15(18)14-8-7-13(16)10-17-14/h3,5-10,15,18H,2,4H2,1H3. The molecule has 1 N–H and O–H groups in total. The number of pyridine rings is 1. The van der Waals surface area contributed by atoms with E-state index in [1.165, 1.54) is 17.7 Å². The molecule has 94 valence electrons. The molecule has 2 nitrogen and oxygen atoms in total. The second kappa shape index (κ2) is 5.74. The highest BCUT2D eigenvalue weighted by atomic mass is 19.1. The molecule has 0 aliphatic heterocycles. The van der Waals surface area contributed by atoms with E-state index in [1.54, 1.807) is 0 Å². The largest absolute Gasteiger partial charge is 0.382 e. The maximum atomic E-state index is 12.8. The van der Waals surface area contributed by atoms with Crippen molar-refractivity contribution in [2.24, 2.45) is 0 Å². The number of rotatable bonds is 4. The van der Waals surface area contributed by atoms with E-state index in [2.05, 4.69) is 11.9 Å². The van der Waals surface area contributed by atoms with Crippen LogP contribution in [0.1, 0.15) is 36.3 Å². The summed E-state index contributed by atoms with van der Waals surface area (Å²) in [6.07, 6.45) is 2.36. The predicted octanol–water partition coefficient (Wildman–Crippen LogP) is 3.25. The summed E-state index contributed by atoms with van der Waals surface area (Å²) >= 11 is 0. The van der Waals surface area contributed by atoms with Crippen molar-refractivity contribution in [2.75, 3.05) is 0 Å². The van der Waals surface area contributed by atoms with Gasteiger partial charge in [-0.05, 0) is 29.7 Å². The van der Waals surface area contributed by atoms with Gasteiger partial charge >= 0.3 is 0 Å². The van der Waals surface area contributed by atoms with Gasteiger partial charge in [-0.25, -0.2) is 4.39 Å². The monoisotopic (exact) mass is 245 g/mol. The summed E-state index contributed by atoms with van der Waals surface area (Å²) in [7, 11) is 0. The van der Waals surface area contributed by atoms with Gasteiger partial charge in [-0.15, -0.1) is 0 Å². The molecule has 0 radical (unpaired) electrons. The molecule has 0 saturated heterocycles. The van der Waals surface area contributed by atoms with E-state index in [1.807, 2.05) is 24.3 Å². The lowest BCUT2D eigenvalue weighted by atomic mass is 10.0. The van der Waals surface area contributed by atoms with Crippen molar-refractivity contribution in [1.82, 2.24) is 4.98 Å². The molecule has 0 amide bonds. The lowest BCUT2D eigenvalue weighted by Gasteiger charge is -2.11. The van der Waals surface area contributed by atoms with Gasteiger partial charge in [0.05, 0.1) is 11.9 Å². The van der Waals surface area contributed by atoms with Gasteiger partial charge in [0.25, 0.3) is 0 Å². The fourth-order valence-electron chi connectivity index (χ4n) is 1.93. The SMILES string of the molecule is CCCc1cccc(C(O)c2ccc(F)cn2)c1. The molecule has 2 aromatic rings. The van der Waals surface area contributed by atoms with Crippen molar-refractivity contribution in [2.45, 2.75) is 25.9 Å². The van der Waals surface area contributed by atoms with Gasteiger partial charge in [0.15, 0.2) is 0 Å². The third kappa shape index (κ3) is 2.93. The number of halogens is 1. The Bertz CT molecular complexity index is 510. The lowest BCUT2D eigenvalue weighted by molar-refractivity contribution is 0.215. The molecule has 0 spiro atoms. The molecular weight excluding hydrogens is 229 g/mol. The minimum absolute atomic E-state index is 0.398. The van der Waals surface area contributed by atoms with E-state index in [-0.39, 0.29) is 0 Å². The molecule has 1 unspecified atom stereocenters. The summed E-state index contributed by atoms with van der Waals surface area (Å²) in [6.45, 7) is 2.12. The second-order valence-electron chi connectivity index (χ2n) is 4.30. The Kier molecular flexibility index (Phi) is 4.05. The normalized spacial score (nSPS) is 12.4. The number of aliphatic hydroxyl groups is 1. The smallest absolute Gasteiger partial charge is 0.141 e. The molecule has 1 heterocycles. The Labute approximate surface area is 106 Å². The first kappa shape index (κ1) is 12.7. The van der Waals surface area contributed by atoms with Crippen molar-refractivity contribution in [1.29, 1.82) is 0 Å². The average molecular weight is 245 g/mol. The van der Waals surface area contributed by atoms with Crippen molar-refractivity contribution in [3.05, 3.63) is 65.2 Å². The number of nitrogens with zero attached hydrogens (tertiary/aromatic N) is 1. The van der Waals surface area contributed by atoms with Gasteiger partial charge in [0.1, 0.15) is 11.9 Å². The summed E-state index contributed by atoms with van der Waals surface area (Å²) in [5, 5.41) is 10.2. The third-order valence-electron chi connectivity index (χ3n) is 2.84. The van der Waals surface area contributed by atoms with E-state index < -0.39 is 11.9 Å². The Balaban J connectivity index is 2.24. The van der Waals surface area contributed by atoms with Crippen LogP contribution in [0.25, 0.3) is 0 Å². The van der Waals surface area contributed by atoms with Crippen LogP contribution in [0.5, 0.6) is 0 Å². The van der Waals surface area contributed by atoms with Crippen molar-refractivity contribution in [3.63, 3.8) is 0 Å². The highest BCUT2D eigenvalue weighted by Gasteiger charge is 2.12. The molecule has 18 heavy (non-hydrogen) atoms. The van der Waals surface area contributed by atoms with Crippen LogP contribution in [-0.2, 0) is 6.42 Å². The minimum atomic E-state index is -0.803. The van der Waals surface area contributed by atoms with Crippen LogP contribution in [0.4, 0.5) is 4.39 Å². The summed E-state index contributed by atoms with van der Waals surface area (Å²) in [5.41, 5.74) is 2.45. The van der Waals surface area contributed by atoms with E-state index in [0.29, 0.717) is 5.69 Å². The van der Waals surface area contributed by atoms with Crippen molar-refractivity contribution in [3.8, 4) is 0 Å². The van der Waals surface area contributed by atoms with E-state index in [0.717, 1.165) is 24.6 Å². The number of hydrogen-bond donors (Lipinski definition) is 1. The molecule has 0 fully saturated rings. The summed E-state index contributed by atoms with van der Waals surface area (Å²) < 4.78 is 12.8. The van der Waals surface area contributed by atoms with E-state index >= 15 is 0 Å². The zero-order valence-corrected chi connectivity index (χ0v) is 10.3. The van der Waals surface area contributed by atoms with Crippen molar-refractivity contribution >= 4 is 0 Å². The molecule has 2 rings (SSSR count). The van der Waals surface area contributed by atoms with Crippen LogP contribution in [0, 0.1) is 5.82 Å². The van der Waals surface area contributed by atoms with Crippen molar-refractivity contribution < 1.29 is 9.50 Å². The van der Waals surface area contributed by atoms with Crippen LogP contribution in [0.15, 0.2) is 42.6 Å². The van der Waals surface area contributed by atoms with Crippen LogP contribution >= 0.6 is 0 Å². The number of aryl methyl sites for hydroxylation is 1. The topological polar surface area (TPSA) is 33.1 Å². The van der Waals surface area contributed by atoms with Gasteiger partial charge in [0.2, 0.25) is 0 Å². The summed E-state index contributed by atoms with van der Waals surface area (Å²) in [5.74, 6) is -0.398. The summed E-state index contributed by atoms with van der Waals surface area (Å²) in [4.78, 5) is 3.91. The molecule has 1 atom stereocenters. The second-order valence-corrected chi connectivity index (χ2v) is 4.30. The minimum Gasteiger partial charge on any atom is -0.382 e. The molecule has 0 aliphatic rings. The maximum absolute atomic E-state index is 12.8.